The predicted molar refractivity (Wildman–Crippen MR) is 83.0 cm³/mol. The molecule has 21 heavy (non-hydrogen) atoms. The number of hydrogen-bond acceptors (Lipinski definition) is 4. The molecule has 0 heterocycles. The third-order valence-electron chi connectivity index (χ3n) is 2.74. The van der Waals surface area contributed by atoms with Crippen molar-refractivity contribution in [2.75, 3.05) is 10.6 Å². The number of aromatic hydroxyl groups is 3. The third-order valence-corrected chi connectivity index (χ3v) is 3.63. The summed E-state index contributed by atoms with van der Waals surface area (Å²) in [5.74, 6) is -1.68. The van der Waals surface area contributed by atoms with Crippen LogP contribution in [0.4, 0.5) is 16.2 Å². The summed E-state index contributed by atoms with van der Waals surface area (Å²) in [4.78, 5) is 11.8. The lowest BCUT2D eigenvalue weighted by Crippen LogP contribution is -2.19. The second-order valence-corrected chi connectivity index (χ2v) is 5.26. The number of phenols is 3. The molecule has 0 unspecified atom stereocenters. The van der Waals surface area contributed by atoms with Gasteiger partial charge in [-0.15, -0.1) is 0 Å². The maximum atomic E-state index is 11.8. The van der Waals surface area contributed by atoms with Crippen LogP contribution in [0.1, 0.15) is 5.56 Å². The van der Waals surface area contributed by atoms with Gasteiger partial charge in [0, 0.05) is 22.3 Å². The summed E-state index contributed by atoms with van der Waals surface area (Å²) < 4.78 is 0.932. The van der Waals surface area contributed by atoms with E-state index in [1.54, 1.807) is 12.1 Å². The molecule has 6 nitrogen and oxygen atoms in total. The highest BCUT2D eigenvalue weighted by atomic mass is 79.9. The van der Waals surface area contributed by atoms with E-state index in [4.69, 9.17) is 0 Å². The molecule has 5 N–H and O–H groups in total. The van der Waals surface area contributed by atoms with Gasteiger partial charge in [-0.3, -0.25) is 0 Å². The quantitative estimate of drug-likeness (QED) is 0.421. The lowest BCUT2D eigenvalue weighted by atomic mass is 10.2. The van der Waals surface area contributed by atoms with Crippen molar-refractivity contribution < 1.29 is 20.1 Å². The van der Waals surface area contributed by atoms with Gasteiger partial charge in [0.1, 0.15) is 0 Å². The predicted octanol–water partition coefficient (Wildman–Crippen LogP) is 3.52. The van der Waals surface area contributed by atoms with Gasteiger partial charge in [-0.2, -0.15) is 0 Å². The Morgan fingerprint density at radius 3 is 2.14 bits per heavy atom. The van der Waals surface area contributed by atoms with E-state index >= 15 is 0 Å². The van der Waals surface area contributed by atoms with Crippen molar-refractivity contribution in [3.05, 3.63) is 40.4 Å². The fourth-order valence-corrected chi connectivity index (χ4v) is 1.94. The molecule has 0 fully saturated rings. The molecule has 0 radical (unpaired) electrons. The molecule has 0 bridgehead atoms. The summed E-state index contributed by atoms with van der Waals surface area (Å²) >= 11 is 3.36. The van der Waals surface area contributed by atoms with Crippen LogP contribution < -0.4 is 10.6 Å². The first-order valence-corrected chi connectivity index (χ1v) is 6.75. The van der Waals surface area contributed by atoms with Crippen LogP contribution in [0.5, 0.6) is 17.2 Å². The number of carbonyl (C=O) groups excluding carboxylic acids is 1. The average molecular weight is 353 g/mol. The van der Waals surface area contributed by atoms with Gasteiger partial charge in [0.2, 0.25) is 0 Å². The first kappa shape index (κ1) is 15.0. The van der Waals surface area contributed by atoms with Crippen LogP contribution >= 0.6 is 15.9 Å². The van der Waals surface area contributed by atoms with E-state index in [2.05, 4.69) is 26.6 Å². The number of phenolic OH excluding ortho intramolecular Hbond substituents is 3. The average Bonchev–Trinajstić information content (AvgIpc) is 2.40. The second kappa shape index (κ2) is 5.92. The summed E-state index contributed by atoms with van der Waals surface area (Å²) in [6, 6.07) is 7.03. The minimum absolute atomic E-state index is 0.147. The molecule has 2 rings (SSSR count). The Kier molecular flexibility index (Phi) is 4.23. The van der Waals surface area contributed by atoms with Crippen molar-refractivity contribution in [1.29, 1.82) is 0 Å². The molecule has 7 heteroatoms. The molecule has 2 aromatic rings. The summed E-state index contributed by atoms with van der Waals surface area (Å²) in [5, 5.41) is 33.0. The van der Waals surface area contributed by atoms with Gasteiger partial charge in [-0.1, -0.05) is 15.9 Å². The third kappa shape index (κ3) is 3.57. The molecular formula is C14H13BrN2O4. The van der Waals surface area contributed by atoms with E-state index < -0.39 is 23.3 Å². The number of carbonyl (C=O) groups is 1. The number of hydrogen-bond donors (Lipinski definition) is 5. The fraction of sp³-hybridized carbons (Fsp3) is 0.0714. The SMILES string of the molecule is Cc1cc(NC(=O)Nc2cc(O)c(O)c(O)c2)ccc1Br. The van der Waals surface area contributed by atoms with E-state index in [1.165, 1.54) is 0 Å². The minimum atomic E-state index is -0.635. The van der Waals surface area contributed by atoms with Crippen molar-refractivity contribution in [3.63, 3.8) is 0 Å². The highest BCUT2D eigenvalue weighted by Crippen LogP contribution is 2.37. The van der Waals surface area contributed by atoms with E-state index in [0.717, 1.165) is 22.2 Å². The number of rotatable bonds is 2. The van der Waals surface area contributed by atoms with Gasteiger partial charge < -0.3 is 26.0 Å². The molecule has 0 spiro atoms. The monoisotopic (exact) mass is 352 g/mol. The standard InChI is InChI=1S/C14H13BrN2O4/c1-7-4-8(2-3-10(7)15)16-14(21)17-9-5-11(18)13(20)12(19)6-9/h2-6,18-20H,1H3,(H2,16,17,21). The highest BCUT2D eigenvalue weighted by molar-refractivity contribution is 9.10. The topological polar surface area (TPSA) is 102 Å². The Morgan fingerprint density at radius 2 is 1.57 bits per heavy atom. The lowest BCUT2D eigenvalue weighted by Gasteiger charge is -2.10. The Balaban J connectivity index is 2.09. The molecular weight excluding hydrogens is 340 g/mol. The zero-order valence-corrected chi connectivity index (χ0v) is 12.6. The Hall–Kier alpha value is -2.41. The number of urea groups is 1. The van der Waals surface area contributed by atoms with Crippen LogP contribution in [0, 0.1) is 6.92 Å². The van der Waals surface area contributed by atoms with Gasteiger partial charge in [0.15, 0.2) is 17.2 Å². The second-order valence-electron chi connectivity index (χ2n) is 4.41. The van der Waals surface area contributed by atoms with Crippen molar-refractivity contribution in [1.82, 2.24) is 0 Å². The maximum absolute atomic E-state index is 11.8. The zero-order chi connectivity index (χ0) is 15.6. The van der Waals surface area contributed by atoms with Crippen LogP contribution in [0.3, 0.4) is 0 Å². The molecule has 0 aliphatic heterocycles. The summed E-state index contributed by atoms with van der Waals surface area (Å²) in [6.45, 7) is 1.89. The largest absolute Gasteiger partial charge is 0.504 e. The normalized spacial score (nSPS) is 10.2. The van der Waals surface area contributed by atoms with Gasteiger partial charge in [0.25, 0.3) is 0 Å². The molecule has 0 saturated heterocycles. The van der Waals surface area contributed by atoms with Crippen LogP contribution in [0.15, 0.2) is 34.8 Å². The summed E-state index contributed by atoms with van der Waals surface area (Å²) in [6.07, 6.45) is 0. The lowest BCUT2D eigenvalue weighted by molar-refractivity contribution is 0.262. The number of anilines is 2. The minimum Gasteiger partial charge on any atom is -0.504 e. The first-order chi connectivity index (χ1) is 9.86. The smallest absolute Gasteiger partial charge is 0.323 e. The molecule has 0 aromatic heterocycles. The number of halogens is 1. The van der Waals surface area contributed by atoms with Gasteiger partial charge in [0.05, 0.1) is 5.69 Å². The van der Waals surface area contributed by atoms with E-state index in [1.807, 2.05) is 13.0 Å². The molecule has 0 aliphatic carbocycles. The number of amides is 2. The van der Waals surface area contributed by atoms with Gasteiger partial charge >= 0.3 is 6.03 Å². The number of nitrogens with one attached hydrogen (secondary N) is 2. The Bertz CT molecular complexity index is 680. The van der Waals surface area contributed by atoms with Gasteiger partial charge in [-0.05, 0) is 30.7 Å². The molecule has 0 aliphatic rings. The molecule has 2 aromatic carbocycles. The molecule has 2 amide bonds. The van der Waals surface area contributed by atoms with Gasteiger partial charge in [-0.25, -0.2) is 4.79 Å². The van der Waals surface area contributed by atoms with Crippen LogP contribution in [-0.2, 0) is 0 Å². The van der Waals surface area contributed by atoms with E-state index in [-0.39, 0.29) is 5.69 Å². The van der Waals surface area contributed by atoms with E-state index in [9.17, 15) is 20.1 Å². The van der Waals surface area contributed by atoms with Crippen molar-refractivity contribution >= 4 is 33.3 Å². The van der Waals surface area contributed by atoms with Crippen LogP contribution in [-0.4, -0.2) is 21.4 Å². The van der Waals surface area contributed by atoms with Crippen LogP contribution in [0.2, 0.25) is 0 Å². The first-order valence-electron chi connectivity index (χ1n) is 5.96. The molecule has 0 saturated carbocycles. The Morgan fingerprint density at radius 1 is 1.00 bits per heavy atom. The van der Waals surface area contributed by atoms with Crippen molar-refractivity contribution in [3.8, 4) is 17.2 Å². The zero-order valence-electron chi connectivity index (χ0n) is 11.0. The summed E-state index contributed by atoms with van der Waals surface area (Å²) in [5.41, 5.74) is 1.71. The molecule has 0 atom stereocenters. The maximum Gasteiger partial charge on any atom is 0.323 e. The highest BCUT2D eigenvalue weighted by Gasteiger charge is 2.10. The van der Waals surface area contributed by atoms with Crippen molar-refractivity contribution in [2.45, 2.75) is 6.92 Å². The number of aryl methyl sites for hydroxylation is 1. The van der Waals surface area contributed by atoms with Crippen molar-refractivity contribution in [2.24, 2.45) is 0 Å². The molecule has 110 valence electrons. The summed E-state index contributed by atoms with van der Waals surface area (Å²) in [7, 11) is 0. The van der Waals surface area contributed by atoms with E-state index in [0.29, 0.717) is 5.69 Å². The fourth-order valence-electron chi connectivity index (χ4n) is 1.69. The Labute approximate surface area is 129 Å². The number of benzene rings is 2. The van der Waals surface area contributed by atoms with Crippen LogP contribution in [0.25, 0.3) is 0 Å².